The Kier molecular flexibility index (Phi) is 5.64. The first kappa shape index (κ1) is 24.9. The summed E-state index contributed by atoms with van der Waals surface area (Å²) in [7, 11) is 0. The largest absolute Gasteiger partial charge is 0.340 e. The van der Waals surface area contributed by atoms with Crippen LogP contribution in [0.4, 0.5) is 18.9 Å². The summed E-state index contributed by atoms with van der Waals surface area (Å²) in [6.07, 6.45) is 7.34. The lowest BCUT2D eigenvalue weighted by molar-refractivity contribution is -0.117. The summed E-state index contributed by atoms with van der Waals surface area (Å²) in [6.45, 7) is 2.48. The van der Waals surface area contributed by atoms with Crippen molar-refractivity contribution in [3.63, 3.8) is 0 Å². The highest BCUT2D eigenvalue weighted by Crippen LogP contribution is 2.49. The molecular weight excluding hydrogens is 535 g/mol. The molecule has 2 atom stereocenters. The number of nitrogens with one attached hydrogen (secondary N) is 1. The first-order valence-electron chi connectivity index (χ1n) is 11.8. The highest BCUT2D eigenvalue weighted by atomic mass is 35.5. The molecule has 0 saturated heterocycles. The number of hydrogen-bond donors (Lipinski definition) is 1. The summed E-state index contributed by atoms with van der Waals surface area (Å²) in [4.78, 5) is 30.4. The molecule has 10 nitrogen and oxygen atoms in total. The van der Waals surface area contributed by atoms with Crippen molar-refractivity contribution >= 4 is 28.8 Å². The smallest absolute Gasteiger partial charge is 0.324 e. The van der Waals surface area contributed by atoms with Crippen molar-refractivity contribution in [3.8, 4) is 11.5 Å². The molecule has 6 rings (SSSR count). The van der Waals surface area contributed by atoms with Crippen LogP contribution in [0.5, 0.6) is 0 Å². The molecule has 1 aliphatic rings. The van der Waals surface area contributed by atoms with Gasteiger partial charge >= 0.3 is 6.05 Å². The van der Waals surface area contributed by atoms with E-state index in [9.17, 15) is 18.0 Å². The van der Waals surface area contributed by atoms with Crippen molar-refractivity contribution in [1.82, 2.24) is 39.3 Å². The molecule has 0 bridgehead atoms. The van der Waals surface area contributed by atoms with Crippen LogP contribution in [0.1, 0.15) is 43.1 Å². The molecule has 0 radical (unpaired) electrons. The van der Waals surface area contributed by atoms with Gasteiger partial charge in [-0.2, -0.15) is 18.3 Å². The van der Waals surface area contributed by atoms with Crippen LogP contribution in [0.2, 0.25) is 5.02 Å². The molecule has 0 aromatic carbocycles. The van der Waals surface area contributed by atoms with E-state index in [-0.39, 0.29) is 22.8 Å². The number of pyridine rings is 1. The zero-order chi connectivity index (χ0) is 27.5. The summed E-state index contributed by atoms with van der Waals surface area (Å²) in [5.74, 6) is -1.65. The fourth-order valence-electron chi connectivity index (χ4n) is 4.96. The Morgan fingerprint density at radius 1 is 1.15 bits per heavy atom. The van der Waals surface area contributed by atoms with E-state index >= 15 is 0 Å². The third-order valence-corrected chi connectivity index (χ3v) is 7.04. The van der Waals surface area contributed by atoms with Gasteiger partial charge in [-0.3, -0.25) is 4.79 Å². The van der Waals surface area contributed by atoms with Gasteiger partial charge in [-0.05, 0) is 31.5 Å². The van der Waals surface area contributed by atoms with Crippen molar-refractivity contribution in [2.45, 2.75) is 37.6 Å². The lowest BCUT2D eigenvalue weighted by Crippen LogP contribution is -2.27. The molecule has 2 unspecified atom stereocenters. The Balaban J connectivity index is 1.38. The van der Waals surface area contributed by atoms with Crippen LogP contribution in [-0.2, 0) is 16.3 Å². The fraction of sp³-hybridized carbons (Fsp3) is 0.240. The number of carbonyl (C=O) groups excluding carboxylic acids is 1. The number of anilines is 1. The number of hydrogen-bond acceptors (Lipinski definition) is 7. The van der Waals surface area contributed by atoms with Crippen molar-refractivity contribution in [3.05, 3.63) is 83.2 Å². The minimum atomic E-state index is -3.23. The maximum atomic E-state index is 14.1. The first-order valence-corrected chi connectivity index (χ1v) is 12.2. The Morgan fingerprint density at radius 2 is 1.92 bits per heavy atom. The minimum absolute atomic E-state index is 0.139. The quantitative estimate of drug-likeness (QED) is 0.339. The zero-order valence-electron chi connectivity index (χ0n) is 20.5. The van der Waals surface area contributed by atoms with Crippen LogP contribution < -0.4 is 5.32 Å². The van der Waals surface area contributed by atoms with Gasteiger partial charge in [0.25, 0.3) is 0 Å². The molecular formula is C25H19ClF3N9O. The van der Waals surface area contributed by atoms with Crippen molar-refractivity contribution in [2.75, 3.05) is 5.32 Å². The molecule has 14 heteroatoms. The van der Waals surface area contributed by atoms with Gasteiger partial charge < -0.3 is 5.32 Å². The summed E-state index contributed by atoms with van der Waals surface area (Å²) in [6, 6.07) is 2.57. The van der Waals surface area contributed by atoms with Gasteiger partial charge in [-0.15, -0.1) is 5.10 Å². The van der Waals surface area contributed by atoms with Gasteiger partial charge in [-0.25, -0.2) is 29.1 Å². The van der Waals surface area contributed by atoms with Crippen molar-refractivity contribution < 1.29 is 18.0 Å². The summed E-state index contributed by atoms with van der Waals surface area (Å²) < 4.78 is 44.0. The average Bonchev–Trinajstić information content (AvgIpc) is 3.60. The predicted molar refractivity (Wildman–Crippen MR) is 134 cm³/mol. The molecule has 0 spiro atoms. The topological polar surface area (TPSA) is 116 Å². The van der Waals surface area contributed by atoms with E-state index in [0.717, 1.165) is 13.0 Å². The summed E-state index contributed by atoms with van der Waals surface area (Å²) >= 11 is 6.40. The molecule has 1 N–H and O–H groups in total. The monoisotopic (exact) mass is 553 g/mol. The SMILES string of the molecule is CC1(c2ccn(C(C)(F)F)n2)CC(C(=O)Nc2cnc(-c3ncccn3)c(Cl)c2)c2cnc3cc(F)nn3c21. The number of alkyl halides is 2. The van der Waals surface area contributed by atoms with E-state index < -0.39 is 29.2 Å². The average molecular weight is 554 g/mol. The number of halogens is 4. The number of carbonyl (C=O) groups is 1. The molecule has 5 aromatic heterocycles. The number of fused-ring (bicyclic) bond motifs is 3. The summed E-state index contributed by atoms with van der Waals surface area (Å²) in [5.41, 5.74) is 1.01. The molecule has 0 fully saturated rings. The van der Waals surface area contributed by atoms with Gasteiger partial charge in [0.15, 0.2) is 11.5 Å². The molecule has 1 amide bonds. The van der Waals surface area contributed by atoms with E-state index in [1.165, 1.54) is 35.2 Å². The van der Waals surface area contributed by atoms with E-state index in [0.29, 0.717) is 33.1 Å². The Hall–Kier alpha value is -4.39. The maximum absolute atomic E-state index is 14.1. The van der Waals surface area contributed by atoms with Crippen molar-refractivity contribution in [2.24, 2.45) is 0 Å². The number of amides is 1. The van der Waals surface area contributed by atoms with Crippen LogP contribution in [0, 0.1) is 5.95 Å². The van der Waals surface area contributed by atoms with E-state index in [2.05, 4.69) is 35.5 Å². The molecule has 0 saturated carbocycles. The molecule has 39 heavy (non-hydrogen) atoms. The zero-order valence-corrected chi connectivity index (χ0v) is 21.2. The Labute approximate surface area is 223 Å². The van der Waals surface area contributed by atoms with Gasteiger partial charge in [-0.1, -0.05) is 11.6 Å². The van der Waals surface area contributed by atoms with E-state index in [1.807, 2.05) is 0 Å². The van der Waals surface area contributed by atoms with Gasteiger partial charge in [0.1, 0.15) is 5.69 Å². The normalized spacial score (nSPS) is 18.9. The lowest BCUT2D eigenvalue weighted by Gasteiger charge is -2.24. The minimum Gasteiger partial charge on any atom is -0.324 e. The standard InChI is InChI=1S/C25H19ClF3N9O/c1-24(17-4-7-37(35-17)25(2,28)29)10-14(15-12-32-19-9-18(27)36-38(19)21(15)24)23(39)34-13-8-16(26)20(33-11-13)22-30-5-3-6-31-22/h3-9,11-12,14H,10H2,1-2H3,(H,34,39). The molecule has 198 valence electrons. The lowest BCUT2D eigenvalue weighted by atomic mass is 9.82. The second-order valence-electron chi connectivity index (χ2n) is 9.49. The Morgan fingerprint density at radius 3 is 2.62 bits per heavy atom. The number of rotatable bonds is 5. The van der Waals surface area contributed by atoms with E-state index in [1.54, 1.807) is 25.4 Å². The van der Waals surface area contributed by atoms with Crippen LogP contribution in [0.3, 0.4) is 0 Å². The van der Waals surface area contributed by atoms with Crippen LogP contribution >= 0.6 is 11.6 Å². The Bertz CT molecular complexity index is 1730. The molecule has 0 aliphatic heterocycles. The first-order chi connectivity index (χ1) is 18.5. The van der Waals surface area contributed by atoms with Gasteiger partial charge in [0.2, 0.25) is 11.9 Å². The second kappa shape index (κ2) is 8.83. The van der Waals surface area contributed by atoms with Crippen LogP contribution in [0.25, 0.3) is 17.2 Å². The molecule has 5 aromatic rings. The number of nitrogens with zero attached hydrogens (tertiary/aromatic N) is 8. The molecule has 1 aliphatic carbocycles. The van der Waals surface area contributed by atoms with Crippen LogP contribution in [0.15, 0.2) is 55.2 Å². The van der Waals surface area contributed by atoms with Gasteiger partial charge in [0.05, 0.1) is 39.6 Å². The number of aromatic nitrogens is 8. The fourth-order valence-corrected chi connectivity index (χ4v) is 5.21. The highest BCUT2D eigenvalue weighted by Gasteiger charge is 2.49. The maximum Gasteiger partial charge on any atom is 0.340 e. The summed E-state index contributed by atoms with van der Waals surface area (Å²) in [5, 5.41) is 11.1. The highest BCUT2D eigenvalue weighted by molar-refractivity contribution is 6.33. The third-order valence-electron chi connectivity index (χ3n) is 6.75. The third kappa shape index (κ3) is 4.18. The van der Waals surface area contributed by atoms with Crippen molar-refractivity contribution in [1.29, 1.82) is 0 Å². The predicted octanol–water partition coefficient (Wildman–Crippen LogP) is 4.57. The van der Waals surface area contributed by atoms with Crippen LogP contribution in [-0.4, -0.2) is 45.2 Å². The van der Waals surface area contributed by atoms with Gasteiger partial charge in [0, 0.05) is 43.3 Å². The second-order valence-corrected chi connectivity index (χ2v) is 9.90. The molecule has 5 heterocycles. The van der Waals surface area contributed by atoms with E-state index in [4.69, 9.17) is 11.6 Å².